The summed E-state index contributed by atoms with van der Waals surface area (Å²) in [5, 5.41) is 14.3. The topological polar surface area (TPSA) is 32.3 Å². The number of piperidine rings is 1. The predicted octanol–water partition coefficient (Wildman–Crippen LogP) is 2.40. The van der Waals surface area contributed by atoms with Gasteiger partial charge in [-0.25, -0.2) is 0 Å². The molecule has 2 aliphatic rings. The number of hydrogen-bond donors (Lipinski definition) is 2. The van der Waals surface area contributed by atoms with Gasteiger partial charge in [-0.1, -0.05) is 17.7 Å². The van der Waals surface area contributed by atoms with Crippen LogP contribution in [0.3, 0.4) is 0 Å². The Balaban J connectivity index is 2.07. The standard InChI is InChI=1S/C13H16ClNO/c14-9-1-2-11-10(7-9)12(16)8-13(11)3-5-15-6-4-13/h1-2,7,12,15-16H,3-6,8H2. The van der Waals surface area contributed by atoms with Crippen molar-refractivity contribution >= 4 is 11.6 Å². The van der Waals surface area contributed by atoms with E-state index in [4.69, 9.17) is 11.6 Å². The lowest BCUT2D eigenvalue weighted by Gasteiger charge is -2.35. The molecule has 0 aromatic heterocycles. The maximum Gasteiger partial charge on any atom is 0.0802 e. The molecule has 1 unspecified atom stereocenters. The summed E-state index contributed by atoms with van der Waals surface area (Å²) in [7, 11) is 0. The van der Waals surface area contributed by atoms with Crippen LogP contribution in [0.25, 0.3) is 0 Å². The molecule has 1 saturated heterocycles. The number of fused-ring (bicyclic) bond motifs is 2. The summed E-state index contributed by atoms with van der Waals surface area (Å²) in [6.45, 7) is 2.10. The van der Waals surface area contributed by atoms with Crippen LogP contribution in [0, 0.1) is 0 Å². The second kappa shape index (κ2) is 3.73. The van der Waals surface area contributed by atoms with Gasteiger partial charge in [0.15, 0.2) is 0 Å². The fraction of sp³-hybridized carbons (Fsp3) is 0.538. The Kier molecular flexibility index (Phi) is 2.46. The van der Waals surface area contributed by atoms with Crippen molar-refractivity contribution in [2.24, 2.45) is 0 Å². The largest absolute Gasteiger partial charge is 0.388 e. The molecule has 0 saturated carbocycles. The van der Waals surface area contributed by atoms with Crippen LogP contribution in [0.4, 0.5) is 0 Å². The van der Waals surface area contributed by atoms with Gasteiger partial charge in [0.25, 0.3) is 0 Å². The minimum absolute atomic E-state index is 0.199. The van der Waals surface area contributed by atoms with Crippen molar-refractivity contribution in [2.45, 2.75) is 30.8 Å². The second-order valence-electron chi connectivity index (χ2n) is 4.98. The normalized spacial score (nSPS) is 27.0. The first kappa shape index (κ1) is 10.6. The number of halogens is 1. The Labute approximate surface area is 101 Å². The molecule has 3 rings (SSSR count). The first-order valence-corrected chi connectivity index (χ1v) is 6.28. The van der Waals surface area contributed by atoms with Crippen molar-refractivity contribution in [1.82, 2.24) is 5.32 Å². The van der Waals surface area contributed by atoms with Gasteiger partial charge in [-0.05, 0) is 55.6 Å². The zero-order chi connectivity index (χ0) is 11.2. The number of nitrogens with one attached hydrogen (secondary N) is 1. The highest BCUT2D eigenvalue weighted by Crippen LogP contribution is 2.50. The Bertz CT molecular complexity index is 412. The van der Waals surface area contributed by atoms with Crippen LogP contribution in [-0.4, -0.2) is 18.2 Å². The highest BCUT2D eigenvalue weighted by Gasteiger charge is 2.43. The Morgan fingerprint density at radius 2 is 2.06 bits per heavy atom. The molecule has 1 spiro atoms. The summed E-state index contributed by atoms with van der Waals surface area (Å²) in [4.78, 5) is 0. The summed E-state index contributed by atoms with van der Waals surface area (Å²) in [6.07, 6.45) is 2.79. The van der Waals surface area contributed by atoms with Crippen molar-refractivity contribution in [3.05, 3.63) is 34.3 Å². The molecule has 1 atom stereocenters. The van der Waals surface area contributed by atoms with E-state index in [1.54, 1.807) is 0 Å². The highest BCUT2D eigenvalue weighted by molar-refractivity contribution is 6.30. The Hall–Kier alpha value is -0.570. The van der Waals surface area contributed by atoms with Crippen LogP contribution in [0.5, 0.6) is 0 Å². The number of aliphatic hydroxyl groups excluding tert-OH is 1. The van der Waals surface area contributed by atoms with E-state index in [0.29, 0.717) is 0 Å². The minimum atomic E-state index is -0.327. The molecule has 3 heteroatoms. The lowest BCUT2D eigenvalue weighted by Crippen LogP contribution is -2.38. The van der Waals surface area contributed by atoms with Gasteiger partial charge in [-0.2, -0.15) is 0 Å². The molecule has 16 heavy (non-hydrogen) atoms. The van der Waals surface area contributed by atoms with Gasteiger partial charge < -0.3 is 10.4 Å². The summed E-state index contributed by atoms with van der Waals surface area (Å²) in [5.74, 6) is 0. The van der Waals surface area contributed by atoms with E-state index in [-0.39, 0.29) is 11.5 Å². The fourth-order valence-corrected chi connectivity index (χ4v) is 3.44. The SMILES string of the molecule is OC1CC2(CCNCC2)c2ccc(Cl)cc21. The van der Waals surface area contributed by atoms with Crippen LogP contribution < -0.4 is 5.32 Å². The first-order valence-electron chi connectivity index (χ1n) is 5.90. The van der Waals surface area contributed by atoms with Crippen molar-refractivity contribution in [3.8, 4) is 0 Å². The number of aliphatic hydroxyl groups is 1. The maximum absolute atomic E-state index is 10.1. The van der Waals surface area contributed by atoms with Crippen LogP contribution in [0.2, 0.25) is 5.02 Å². The molecule has 0 radical (unpaired) electrons. The molecule has 86 valence electrons. The number of rotatable bonds is 0. The molecular formula is C13H16ClNO. The summed E-state index contributed by atoms with van der Waals surface area (Å²) < 4.78 is 0. The third kappa shape index (κ3) is 1.48. The average Bonchev–Trinajstić information content (AvgIpc) is 2.53. The van der Waals surface area contributed by atoms with Crippen LogP contribution in [0.15, 0.2) is 18.2 Å². The molecule has 2 nitrogen and oxygen atoms in total. The van der Waals surface area contributed by atoms with E-state index >= 15 is 0 Å². The van der Waals surface area contributed by atoms with Crippen LogP contribution in [0.1, 0.15) is 36.5 Å². The molecule has 2 N–H and O–H groups in total. The van der Waals surface area contributed by atoms with Crippen molar-refractivity contribution in [3.63, 3.8) is 0 Å². The molecule has 1 aromatic carbocycles. The third-order valence-corrected chi connectivity index (χ3v) is 4.32. The zero-order valence-electron chi connectivity index (χ0n) is 9.17. The lowest BCUT2D eigenvalue weighted by molar-refractivity contribution is 0.142. The summed E-state index contributed by atoms with van der Waals surface area (Å²) in [6, 6.07) is 5.99. The molecule has 1 aliphatic heterocycles. The van der Waals surface area contributed by atoms with Crippen molar-refractivity contribution in [1.29, 1.82) is 0 Å². The van der Waals surface area contributed by atoms with Gasteiger partial charge in [-0.3, -0.25) is 0 Å². The van der Waals surface area contributed by atoms with Crippen LogP contribution in [-0.2, 0) is 5.41 Å². The number of benzene rings is 1. The van der Waals surface area contributed by atoms with Crippen molar-refractivity contribution < 1.29 is 5.11 Å². The van der Waals surface area contributed by atoms with E-state index in [2.05, 4.69) is 11.4 Å². The Morgan fingerprint density at radius 1 is 1.31 bits per heavy atom. The van der Waals surface area contributed by atoms with E-state index in [9.17, 15) is 5.11 Å². The maximum atomic E-state index is 10.1. The van der Waals surface area contributed by atoms with Gasteiger partial charge in [0.05, 0.1) is 6.10 Å². The third-order valence-electron chi connectivity index (χ3n) is 4.09. The van der Waals surface area contributed by atoms with E-state index in [1.165, 1.54) is 5.56 Å². The molecular weight excluding hydrogens is 222 g/mol. The summed E-state index contributed by atoms with van der Waals surface area (Å²) in [5.41, 5.74) is 2.57. The molecule has 0 amide bonds. The van der Waals surface area contributed by atoms with E-state index < -0.39 is 0 Å². The second-order valence-corrected chi connectivity index (χ2v) is 5.42. The molecule has 0 bridgehead atoms. The molecule has 1 fully saturated rings. The monoisotopic (exact) mass is 237 g/mol. The van der Waals surface area contributed by atoms with Gasteiger partial charge in [0.1, 0.15) is 0 Å². The smallest absolute Gasteiger partial charge is 0.0802 e. The lowest BCUT2D eigenvalue weighted by atomic mass is 9.74. The zero-order valence-corrected chi connectivity index (χ0v) is 9.93. The molecule has 1 heterocycles. The quantitative estimate of drug-likeness (QED) is 0.726. The van der Waals surface area contributed by atoms with Gasteiger partial charge in [0.2, 0.25) is 0 Å². The van der Waals surface area contributed by atoms with Crippen molar-refractivity contribution in [2.75, 3.05) is 13.1 Å². The highest BCUT2D eigenvalue weighted by atomic mass is 35.5. The predicted molar refractivity (Wildman–Crippen MR) is 64.8 cm³/mol. The first-order chi connectivity index (χ1) is 7.71. The molecule has 1 aromatic rings. The Morgan fingerprint density at radius 3 is 2.81 bits per heavy atom. The van der Waals surface area contributed by atoms with E-state index in [1.807, 2.05) is 12.1 Å². The van der Waals surface area contributed by atoms with E-state index in [0.717, 1.165) is 42.9 Å². The average molecular weight is 238 g/mol. The van der Waals surface area contributed by atoms with Gasteiger partial charge in [-0.15, -0.1) is 0 Å². The van der Waals surface area contributed by atoms with Gasteiger partial charge >= 0.3 is 0 Å². The summed E-state index contributed by atoms with van der Waals surface area (Å²) >= 11 is 5.99. The van der Waals surface area contributed by atoms with Gasteiger partial charge in [0, 0.05) is 10.4 Å². The minimum Gasteiger partial charge on any atom is -0.388 e. The molecule has 1 aliphatic carbocycles. The number of hydrogen-bond acceptors (Lipinski definition) is 2. The fourth-order valence-electron chi connectivity index (χ4n) is 3.26. The van der Waals surface area contributed by atoms with Crippen LogP contribution >= 0.6 is 11.6 Å².